The van der Waals surface area contributed by atoms with Gasteiger partial charge in [-0.1, -0.05) is 13.3 Å². The Morgan fingerprint density at radius 2 is 2.05 bits per heavy atom. The van der Waals surface area contributed by atoms with Crippen LogP contribution in [0.15, 0.2) is 18.2 Å². The van der Waals surface area contributed by atoms with E-state index >= 15 is 4.39 Å². The van der Waals surface area contributed by atoms with Crippen molar-refractivity contribution in [3.63, 3.8) is 0 Å². The summed E-state index contributed by atoms with van der Waals surface area (Å²) in [6, 6.07) is 4.49. The summed E-state index contributed by atoms with van der Waals surface area (Å²) in [6.45, 7) is 4.76. The lowest BCUT2D eigenvalue weighted by Gasteiger charge is -2.27. The molecule has 0 amide bonds. The van der Waals surface area contributed by atoms with Gasteiger partial charge in [-0.3, -0.25) is 9.69 Å². The zero-order valence-corrected chi connectivity index (χ0v) is 24.6. The number of likely N-dealkylation sites (tertiary alicyclic amines) is 1. The smallest absolute Gasteiger partial charge is 0.325 e. The van der Waals surface area contributed by atoms with E-state index in [0.29, 0.717) is 25.3 Å². The quantitative estimate of drug-likeness (QED) is 0.281. The number of hydrogen-bond donors (Lipinski definition) is 2. The number of methoxy groups -OCH3 is 2. The lowest BCUT2D eigenvalue weighted by Crippen LogP contribution is -2.34. The maximum Gasteiger partial charge on any atom is 0.325 e. The first-order valence-corrected chi connectivity index (χ1v) is 15.2. The molecule has 2 fully saturated rings. The molecule has 2 atom stereocenters. The number of nitrogens with one attached hydrogen (secondary N) is 1. The number of halogens is 1. The molecule has 2 aliphatic heterocycles. The predicted octanol–water partition coefficient (Wildman–Crippen LogP) is 5.67. The van der Waals surface area contributed by atoms with E-state index in [9.17, 15) is 9.90 Å². The summed E-state index contributed by atoms with van der Waals surface area (Å²) in [5.74, 6) is 0.432. The van der Waals surface area contributed by atoms with Gasteiger partial charge in [-0.15, -0.1) is 0 Å². The van der Waals surface area contributed by atoms with Crippen LogP contribution in [0, 0.1) is 5.82 Å². The van der Waals surface area contributed by atoms with Gasteiger partial charge in [0.2, 0.25) is 0 Å². The SMILES string of the molecule is CCC1(c2cc(F)c(OC)c([C@H](C(=O)O)N3CC[C@@H](OCCCCCc4cc(OC)c5c(n4)NCCC5)C3)c2)CC1. The van der Waals surface area contributed by atoms with E-state index in [1.807, 2.05) is 11.0 Å². The van der Waals surface area contributed by atoms with Crippen LogP contribution >= 0.6 is 0 Å². The molecule has 1 aliphatic carbocycles. The minimum atomic E-state index is -0.996. The molecular weight excluding hydrogens is 525 g/mol. The normalized spacial score (nSPS) is 20.2. The van der Waals surface area contributed by atoms with Crippen LogP contribution in [0.1, 0.15) is 86.7 Å². The molecule has 2 N–H and O–H groups in total. The molecule has 2 aromatic rings. The second-order valence-corrected chi connectivity index (χ2v) is 11.7. The summed E-state index contributed by atoms with van der Waals surface area (Å²) in [7, 11) is 3.12. The second kappa shape index (κ2) is 12.9. The number of carboxylic acid groups (broad SMARTS) is 1. The molecule has 5 rings (SSSR count). The molecule has 0 radical (unpaired) electrons. The molecule has 224 valence electrons. The van der Waals surface area contributed by atoms with Gasteiger partial charge in [0.1, 0.15) is 17.6 Å². The van der Waals surface area contributed by atoms with E-state index in [4.69, 9.17) is 19.2 Å². The van der Waals surface area contributed by atoms with E-state index in [0.717, 1.165) is 93.6 Å². The third-order valence-corrected chi connectivity index (χ3v) is 9.17. The van der Waals surface area contributed by atoms with Gasteiger partial charge in [-0.25, -0.2) is 9.37 Å². The molecule has 1 aromatic carbocycles. The fraction of sp³-hybridized carbons (Fsp3) is 0.625. The Morgan fingerprint density at radius 3 is 2.76 bits per heavy atom. The first kappa shape index (κ1) is 29.6. The Labute approximate surface area is 242 Å². The lowest BCUT2D eigenvalue weighted by molar-refractivity contribution is -0.143. The lowest BCUT2D eigenvalue weighted by atomic mass is 9.89. The Balaban J connectivity index is 1.13. The van der Waals surface area contributed by atoms with Gasteiger partial charge < -0.3 is 24.6 Å². The first-order valence-electron chi connectivity index (χ1n) is 15.2. The summed E-state index contributed by atoms with van der Waals surface area (Å²) < 4.78 is 32.3. The third kappa shape index (κ3) is 6.46. The number of aromatic nitrogens is 1. The van der Waals surface area contributed by atoms with Crippen molar-refractivity contribution in [2.24, 2.45) is 0 Å². The van der Waals surface area contributed by atoms with E-state index in [1.165, 1.54) is 18.7 Å². The predicted molar refractivity (Wildman–Crippen MR) is 156 cm³/mol. The summed E-state index contributed by atoms with van der Waals surface area (Å²) in [5.41, 5.74) is 3.46. The van der Waals surface area contributed by atoms with E-state index < -0.39 is 17.8 Å². The first-order chi connectivity index (χ1) is 19.9. The Hall–Kier alpha value is -2.91. The van der Waals surface area contributed by atoms with Crippen molar-refractivity contribution < 1.29 is 28.5 Å². The largest absolute Gasteiger partial charge is 0.496 e. The molecule has 3 heterocycles. The van der Waals surface area contributed by atoms with Crippen LogP contribution in [0.4, 0.5) is 10.2 Å². The molecule has 1 saturated carbocycles. The average Bonchev–Trinajstić information content (AvgIpc) is 3.65. The summed E-state index contributed by atoms with van der Waals surface area (Å²) in [6.07, 6.45) is 9.56. The van der Waals surface area contributed by atoms with Gasteiger partial charge in [0.25, 0.3) is 0 Å². The standard InChI is InChI=1S/C32H44FN3O5/c1-4-32(12-13-32)21-17-25(29(40-3)26(33)18-21)28(31(37)38)36-15-11-23(20-36)41-16-7-5-6-9-22-19-27(39-2)24-10-8-14-34-30(24)35-22/h17-19,23,28H,4-16,20H2,1-3H3,(H,34,35)(H,37,38)/t23-,28-/m1/s1. The van der Waals surface area contributed by atoms with Crippen LogP contribution in [0.25, 0.3) is 0 Å². The molecule has 1 saturated heterocycles. The maximum absolute atomic E-state index is 15.1. The van der Waals surface area contributed by atoms with Crippen molar-refractivity contribution in [2.75, 3.05) is 45.8 Å². The number of anilines is 1. The molecule has 0 bridgehead atoms. The van der Waals surface area contributed by atoms with Crippen molar-refractivity contribution in [1.29, 1.82) is 0 Å². The van der Waals surface area contributed by atoms with Crippen LogP contribution in [-0.2, 0) is 27.8 Å². The Morgan fingerprint density at radius 1 is 1.22 bits per heavy atom. The zero-order chi connectivity index (χ0) is 29.0. The molecule has 9 heteroatoms. The number of rotatable bonds is 14. The third-order valence-electron chi connectivity index (χ3n) is 9.17. The molecule has 0 spiro atoms. The highest BCUT2D eigenvalue weighted by molar-refractivity contribution is 5.77. The summed E-state index contributed by atoms with van der Waals surface area (Å²) in [4.78, 5) is 19.2. The fourth-order valence-corrected chi connectivity index (χ4v) is 6.55. The van der Waals surface area contributed by atoms with Crippen LogP contribution in [0.5, 0.6) is 11.5 Å². The van der Waals surface area contributed by atoms with Crippen LogP contribution in [-0.4, -0.2) is 67.5 Å². The average molecular weight is 570 g/mol. The number of ether oxygens (including phenoxy) is 3. The Kier molecular flexibility index (Phi) is 9.34. The van der Waals surface area contributed by atoms with Gasteiger partial charge >= 0.3 is 5.97 Å². The minimum Gasteiger partial charge on any atom is -0.496 e. The fourth-order valence-electron chi connectivity index (χ4n) is 6.55. The van der Waals surface area contributed by atoms with Crippen molar-refractivity contribution >= 4 is 11.8 Å². The number of hydrogen-bond acceptors (Lipinski definition) is 7. The van der Waals surface area contributed by atoms with Crippen LogP contribution < -0.4 is 14.8 Å². The second-order valence-electron chi connectivity index (χ2n) is 11.7. The number of unbranched alkanes of at least 4 members (excludes halogenated alkanes) is 2. The van der Waals surface area contributed by atoms with Gasteiger partial charge in [-0.2, -0.15) is 0 Å². The van der Waals surface area contributed by atoms with Gasteiger partial charge in [-0.05, 0) is 80.9 Å². The highest BCUT2D eigenvalue weighted by atomic mass is 19.1. The van der Waals surface area contributed by atoms with Crippen LogP contribution in [0.3, 0.4) is 0 Å². The molecule has 3 aliphatic rings. The zero-order valence-electron chi connectivity index (χ0n) is 24.6. The molecule has 8 nitrogen and oxygen atoms in total. The maximum atomic E-state index is 15.1. The number of fused-ring (bicyclic) bond motifs is 1. The van der Waals surface area contributed by atoms with Crippen molar-refractivity contribution in [3.8, 4) is 11.5 Å². The van der Waals surface area contributed by atoms with E-state index in [2.05, 4.69) is 18.3 Å². The summed E-state index contributed by atoms with van der Waals surface area (Å²) >= 11 is 0. The highest BCUT2D eigenvalue weighted by Crippen LogP contribution is 2.52. The van der Waals surface area contributed by atoms with Crippen molar-refractivity contribution in [2.45, 2.75) is 88.7 Å². The highest BCUT2D eigenvalue weighted by Gasteiger charge is 2.44. The van der Waals surface area contributed by atoms with E-state index in [1.54, 1.807) is 7.11 Å². The monoisotopic (exact) mass is 569 g/mol. The minimum absolute atomic E-state index is 0.0271. The number of nitrogens with zero attached hydrogens (tertiary/aromatic N) is 2. The van der Waals surface area contributed by atoms with Crippen molar-refractivity contribution in [1.82, 2.24) is 9.88 Å². The number of pyridine rings is 1. The topological polar surface area (TPSA) is 93.2 Å². The van der Waals surface area contributed by atoms with Gasteiger partial charge in [0.15, 0.2) is 11.6 Å². The molecular formula is C32H44FN3O5. The molecule has 1 aromatic heterocycles. The summed E-state index contributed by atoms with van der Waals surface area (Å²) in [5, 5.41) is 13.6. The van der Waals surface area contributed by atoms with E-state index in [-0.39, 0.29) is 17.3 Å². The number of benzene rings is 1. The van der Waals surface area contributed by atoms with Crippen LogP contribution in [0.2, 0.25) is 0 Å². The molecule has 0 unspecified atom stereocenters. The number of carboxylic acids is 1. The Bertz CT molecular complexity index is 1220. The number of carbonyl (C=O) groups is 1. The number of aliphatic carboxylic acids is 1. The van der Waals surface area contributed by atoms with Crippen molar-refractivity contribution in [3.05, 3.63) is 46.4 Å². The molecule has 41 heavy (non-hydrogen) atoms. The van der Waals surface area contributed by atoms with Gasteiger partial charge in [0.05, 0.1) is 20.3 Å². The number of aryl methyl sites for hydroxylation is 1. The van der Waals surface area contributed by atoms with Gasteiger partial charge in [0, 0.05) is 49.1 Å².